The number of ketones is 1. The predicted molar refractivity (Wildman–Crippen MR) is 134 cm³/mol. The number of aromatic nitrogens is 1. The zero-order valence-corrected chi connectivity index (χ0v) is 20.1. The summed E-state index contributed by atoms with van der Waals surface area (Å²) in [7, 11) is 0. The maximum atomic E-state index is 13.4. The fourth-order valence-corrected chi connectivity index (χ4v) is 4.10. The molecule has 1 aliphatic carbocycles. The molecule has 1 aliphatic rings. The van der Waals surface area contributed by atoms with E-state index >= 15 is 0 Å². The third kappa shape index (κ3) is 6.43. The minimum atomic E-state index is -1.22. The number of halogens is 1. The van der Waals surface area contributed by atoms with Crippen LogP contribution >= 0.6 is 0 Å². The second-order valence-electron chi connectivity index (χ2n) is 8.98. The van der Waals surface area contributed by atoms with E-state index in [1.54, 1.807) is 48.7 Å². The summed E-state index contributed by atoms with van der Waals surface area (Å²) < 4.78 is 13.2. The van der Waals surface area contributed by atoms with Crippen molar-refractivity contribution in [3.05, 3.63) is 102 Å². The number of pyridine rings is 1. The first-order valence-corrected chi connectivity index (χ1v) is 12.0. The Morgan fingerprint density at radius 3 is 2.24 bits per heavy atom. The van der Waals surface area contributed by atoms with Crippen LogP contribution in [-0.4, -0.2) is 40.1 Å². The number of carbonyl (C=O) groups is 4. The number of hydrogen-bond donors (Lipinski definition) is 3. The van der Waals surface area contributed by atoms with Gasteiger partial charge in [0.1, 0.15) is 17.4 Å². The summed E-state index contributed by atoms with van der Waals surface area (Å²) >= 11 is 0. The highest BCUT2D eigenvalue weighted by Gasteiger charge is 2.46. The first-order valence-electron chi connectivity index (χ1n) is 12.0. The van der Waals surface area contributed by atoms with E-state index in [9.17, 15) is 23.6 Å². The molecule has 0 saturated heterocycles. The standard InChI is InChI=1S/C28H27FN4O4/c29-21-12-10-20(11-13-21)25(35)33-28(14-6-15-28)27(37)32-23(17-19-7-2-1-3-8-19)24(34)26(36)31-18-22-9-4-5-16-30-22/h1-5,7-13,16,23H,6,14-15,17-18H2,(H,31,36)(H,32,37)(H,33,35)/t23-/m1/s1. The Morgan fingerprint density at radius 2 is 1.62 bits per heavy atom. The molecule has 0 unspecified atom stereocenters. The zero-order chi connectivity index (χ0) is 26.3. The molecule has 9 heteroatoms. The van der Waals surface area contributed by atoms with Crippen LogP contribution in [0.4, 0.5) is 4.39 Å². The Balaban J connectivity index is 1.47. The maximum absolute atomic E-state index is 13.4. The topological polar surface area (TPSA) is 117 Å². The van der Waals surface area contributed by atoms with Gasteiger partial charge in [-0.1, -0.05) is 36.4 Å². The number of rotatable bonds is 10. The van der Waals surface area contributed by atoms with Crippen LogP contribution in [0.3, 0.4) is 0 Å². The smallest absolute Gasteiger partial charge is 0.289 e. The molecule has 1 aromatic heterocycles. The van der Waals surface area contributed by atoms with Gasteiger partial charge in [-0.2, -0.15) is 0 Å². The summed E-state index contributed by atoms with van der Waals surface area (Å²) in [6, 6.07) is 18.1. The molecule has 37 heavy (non-hydrogen) atoms. The number of nitrogens with one attached hydrogen (secondary N) is 3. The fraction of sp³-hybridized carbons (Fsp3) is 0.250. The van der Waals surface area contributed by atoms with E-state index < -0.39 is 40.9 Å². The number of benzene rings is 2. The first-order chi connectivity index (χ1) is 17.9. The van der Waals surface area contributed by atoms with Gasteiger partial charge in [-0.3, -0.25) is 24.2 Å². The molecule has 1 atom stereocenters. The van der Waals surface area contributed by atoms with Crippen molar-refractivity contribution in [2.24, 2.45) is 0 Å². The third-order valence-corrected chi connectivity index (χ3v) is 6.39. The average molecular weight is 503 g/mol. The highest BCUT2D eigenvalue weighted by atomic mass is 19.1. The van der Waals surface area contributed by atoms with Crippen LogP contribution in [0.1, 0.15) is 40.9 Å². The molecule has 3 amide bonds. The van der Waals surface area contributed by atoms with Gasteiger partial charge in [-0.25, -0.2) is 4.39 Å². The van der Waals surface area contributed by atoms with Gasteiger partial charge in [0.2, 0.25) is 11.7 Å². The number of carbonyl (C=O) groups excluding carboxylic acids is 4. The highest BCUT2D eigenvalue weighted by Crippen LogP contribution is 2.32. The lowest BCUT2D eigenvalue weighted by molar-refractivity contribution is -0.141. The second-order valence-corrected chi connectivity index (χ2v) is 8.98. The van der Waals surface area contributed by atoms with Crippen LogP contribution in [0.15, 0.2) is 79.0 Å². The minimum absolute atomic E-state index is 0.0646. The van der Waals surface area contributed by atoms with Gasteiger partial charge in [0, 0.05) is 18.2 Å². The van der Waals surface area contributed by atoms with Gasteiger partial charge < -0.3 is 16.0 Å². The molecule has 0 aliphatic heterocycles. The van der Waals surface area contributed by atoms with Crippen molar-refractivity contribution in [1.82, 2.24) is 20.9 Å². The van der Waals surface area contributed by atoms with Crippen LogP contribution in [-0.2, 0) is 27.3 Å². The van der Waals surface area contributed by atoms with Crippen molar-refractivity contribution in [2.75, 3.05) is 0 Å². The number of hydrogen-bond acceptors (Lipinski definition) is 5. The SMILES string of the molecule is O=C(NCc1ccccn1)C(=O)[C@@H](Cc1ccccc1)NC(=O)C1(NC(=O)c2ccc(F)cc2)CCC1. The highest BCUT2D eigenvalue weighted by molar-refractivity contribution is 6.38. The van der Waals surface area contributed by atoms with Gasteiger partial charge in [-0.15, -0.1) is 0 Å². The van der Waals surface area contributed by atoms with E-state index in [0.29, 0.717) is 25.0 Å². The van der Waals surface area contributed by atoms with E-state index in [2.05, 4.69) is 20.9 Å². The quantitative estimate of drug-likeness (QED) is 0.368. The largest absolute Gasteiger partial charge is 0.344 e. The first kappa shape index (κ1) is 25.7. The van der Waals surface area contributed by atoms with Gasteiger partial charge in [0.05, 0.1) is 12.2 Å². The van der Waals surface area contributed by atoms with E-state index in [4.69, 9.17) is 0 Å². The Kier molecular flexibility index (Phi) is 8.02. The van der Waals surface area contributed by atoms with Crippen molar-refractivity contribution in [3.63, 3.8) is 0 Å². The van der Waals surface area contributed by atoms with Crippen molar-refractivity contribution >= 4 is 23.5 Å². The number of nitrogens with zero attached hydrogens (tertiary/aromatic N) is 1. The summed E-state index contributed by atoms with van der Waals surface area (Å²) in [5.74, 6) is -3.18. The monoisotopic (exact) mass is 502 g/mol. The normalized spacial score (nSPS) is 14.5. The molecular formula is C28H27FN4O4. The van der Waals surface area contributed by atoms with Crippen LogP contribution in [0.25, 0.3) is 0 Å². The summed E-state index contributed by atoms with van der Waals surface area (Å²) in [6.07, 6.45) is 3.15. The lowest BCUT2D eigenvalue weighted by atomic mass is 9.75. The van der Waals surface area contributed by atoms with Crippen molar-refractivity contribution in [3.8, 4) is 0 Å². The molecule has 2 aromatic carbocycles. The molecule has 190 valence electrons. The average Bonchev–Trinajstić information content (AvgIpc) is 2.90. The Bertz CT molecular complexity index is 1260. The molecular weight excluding hydrogens is 475 g/mol. The molecule has 3 N–H and O–H groups in total. The third-order valence-electron chi connectivity index (χ3n) is 6.39. The van der Waals surface area contributed by atoms with E-state index in [0.717, 1.165) is 5.56 Å². The van der Waals surface area contributed by atoms with Gasteiger partial charge in [0.25, 0.3) is 11.8 Å². The zero-order valence-electron chi connectivity index (χ0n) is 20.1. The van der Waals surface area contributed by atoms with Crippen molar-refractivity contribution < 1.29 is 23.6 Å². The van der Waals surface area contributed by atoms with Crippen molar-refractivity contribution in [2.45, 2.75) is 43.8 Å². The Labute approximate surface area is 213 Å². The molecule has 8 nitrogen and oxygen atoms in total. The Morgan fingerprint density at radius 1 is 0.919 bits per heavy atom. The van der Waals surface area contributed by atoms with Gasteiger partial charge in [0.15, 0.2) is 0 Å². The van der Waals surface area contributed by atoms with Crippen molar-refractivity contribution in [1.29, 1.82) is 0 Å². The molecule has 0 spiro atoms. The lowest BCUT2D eigenvalue weighted by Gasteiger charge is -2.41. The molecule has 3 aromatic rings. The molecule has 1 fully saturated rings. The maximum Gasteiger partial charge on any atom is 0.289 e. The molecule has 4 rings (SSSR count). The van der Waals surface area contributed by atoms with Crippen LogP contribution in [0, 0.1) is 5.82 Å². The number of Topliss-reactive ketones (excluding diaryl/α,β-unsaturated/α-hetero) is 1. The van der Waals surface area contributed by atoms with Crippen LogP contribution in [0.2, 0.25) is 0 Å². The molecule has 1 heterocycles. The van der Waals surface area contributed by atoms with E-state index in [1.807, 2.05) is 6.07 Å². The predicted octanol–water partition coefficient (Wildman–Crippen LogP) is 2.49. The second kappa shape index (κ2) is 11.6. The number of amides is 3. The molecule has 0 bridgehead atoms. The van der Waals surface area contributed by atoms with Gasteiger partial charge in [-0.05, 0) is 61.2 Å². The molecule has 0 radical (unpaired) electrons. The minimum Gasteiger partial charge on any atom is -0.344 e. The summed E-state index contributed by atoms with van der Waals surface area (Å²) in [5, 5.41) is 8.03. The summed E-state index contributed by atoms with van der Waals surface area (Å²) in [4.78, 5) is 56.1. The van der Waals surface area contributed by atoms with E-state index in [1.165, 1.54) is 24.3 Å². The summed E-state index contributed by atoms with van der Waals surface area (Å²) in [6.45, 7) is 0.0646. The van der Waals surface area contributed by atoms with Crippen LogP contribution < -0.4 is 16.0 Å². The fourth-order valence-electron chi connectivity index (χ4n) is 4.10. The molecule has 1 saturated carbocycles. The van der Waals surface area contributed by atoms with E-state index in [-0.39, 0.29) is 18.5 Å². The van der Waals surface area contributed by atoms with Gasteiger partial charge >= 0.3 is 0 Å². The van der Waals surface area contributed by atoms with Crippen LogP contribution in [0.5, 0.6) is 0 Å². The Hall–Kier alpha value is -4.40. The summed E-state index contributed by atoms with van der Waals surface area (Å²) in [5.41, 5.74) is 0.345. The lowest BCUT2D eigenvalue weighted by Crippen LogP contribution is -2.65.